The van der Waals surface area contributed by atoms with Crippen LogP contribution in [0.3, 0.4) is 0 Å². The number of hydrogen-bond acceptors (Lipinski definition) is 45. The standard InChI is InChI=1S/C64H107N5O45/c1-15-34(82)44(92)47(95)61(99-15)111-52-33(69-20(6)81)60(106-27(13-76)51(52)110-57-30(66-17(3)78)40(88)35(83)21(7-70)101-57)114-55-46(94)38(86)24(10-73)104-64(55)112-53-39(87)28(14-98-63-54(45(93)37(85)23(9-72)103-63)113-58-31(67-18(4)79)41(89)36(84)22(8-71)102-58)107-62(48(53)96)109-50-26(12-75)105-59(32(43(50)91)68-19(5)80)108-49-25(11-74)100-56(97)29(42(49)90)65-16(2)77/h15,21-64,70-76,82-97H,7-14H2,1-6H3,(H,65,77)(H,66,78)(H,67,79)(H,68,80)(H,69,81)/t15-,21+,22+,23+,24+,25+,26+,27+,28+,29+,30+,31+,32+,33+,34+,35-,36+,37+,38+,39+,40+,41+,42+,43+,44+,45-,46-,47-,48-,49+,50+,51+,52+,53-,54-,55-,56?,57-,58-,59-,60-,61-,62-,63-,64+/m0/s1. The first-order valence-corrected chi connectivity index (χ1v) is 36.5. The van der Waals surface area contributed by atoms with Gasteiger partial charge in [-0.05, 0) is 6.92 Å². The Labute approximate surface area is 646 Å². The topological polar surface area (TPSA) is 768 Å². The van der Waals surface area contributed by atoms with Crippen LogP contribution in [0.5, 0.6) is 0 Å². The smallest absolute Gasteiger partial charge is 0.217 e. The largest absolute Gasteiger partial charge is 0.394 e. The molecule has 114 heavy (non-hydrogen) atoms. The minimum Gasteiger partial charge on any atom is -0.394 e. The molecule has 0 radical (unpaired) electrons. The molecule has 0 aromatic heterocycles. The first kappa shape index (κ1) is 93.6. The molecule has 1 unspecified atom stereocenters. The van der Waals surface area contributed by atoms with E-state index >= 15 is 0 Å². The molecule has 658 valence electrons. The van der Waals surface area contributed by atoms with Crippen molar-refractivity contribution in [2.75, 3.05) is 52.9 Å². The van der Waals surface area contributed by atoms with Crippen LogP contribution >= 0.6 is 0 Å². The minimum atomic E-state index is -2.60. The van der Waals surface area contributed by atoms with Gasteiger partial charge in [0.15, 0.2) is 56.6 Å². The lowest BCUT2D eigenvalue weighted by Crippen LogP contribution is -2.72. The average molecular weight is 1670 g/mol. The Morgan fingerprint density at radius 2 is 0.553 bits per heavy atom. The van der Waals surface area contributed by atoms with Crippen LogP contribution in [0.2, 0.25) is 0 Å². The van der Waals surface area contributed by atoms with Gasteiger partial charge in [-0.15, -0.1) is 0 Å². The van der Waals surface area contributed by atoms with E-state index in [0.717, 1.165) is 34.6 Å². The normalized spacial score (nSPS) is 48.2. The molecular formula is C64H107N5O45. The van der Waals surface area contributed by atoms with E-state index in [1.807, 2.05) is 0 Å². The Kier molecular flexibility index (Phi) is 33.6. The third kappa shape index (κ3) is 20.8. The SMILES string of the molecule is CC(=O)N[C@H]1[C@H](O[C@H]2[C@H](O)[C@@H](NC(C)=O)C(O)O[C@@H]2CO)O[C@H](CO)[C@@H](O[C@@H]2O[C@H](CO[C@H]3O[C@H](CO)[C@@H](O)[C@H](O)[C@@H]3O[C@@H]3O[C@H](CO)[C@@H](O)[C@H](O)[C@H]3NC(C)=O)[C@@H](O)[C@H](O[C@H]3O[C@H](CO)[C@@H](O)[C@H](O)[C@@H]3O[C@@H]3O[C@H](CO)[C@@H](O[C@@H]4O[C@H](CO)[C@H](O)[C@H](O)[C@H]4NC(C)=O)[C@H](O[C@@H]4O[C@@H](C)[C@@H](O)[C@@H](O)[C@@H]4O)[C@H]3NC(C)=O)[C@@H]2O)[C@@H]1O. The maximum atomic E-state index is 13.6. The van der Waals surface area contributed by atoms with Crippen molar-refractivity contribution >= 4 is 29.5 Å². The van der Waals surface area contributed by atoms with Gasteiger partial charge in [0.05, 0.1) is 59.0 Å². The van der Waals surface area contributed by atoms with Gasteiger partial charge in [0.1, 0.15) is 213 Å². The number of rotatable bonds is 29. The summed E-state index contributed by atoms with van der Waals surface area (Å²) in [4.78, 5) is 63.9. The summed E-state index contributed by atoms with van der Waals surface area (Å²) in [5.41, 5.74) is 0. The van der Waals surface area contributed by atoms with Gasteiger partial charge in [0.25, 0.3) is 0 Å². The molecular weight excluding hydrogens is 1560 g/mol. The number of hydrogen-bond donors (Lipinski definition) is 28. The number of aliphatic hydroxyl groups excluding tert-OH is 23. The first-order chi connectivity index (χ1) is 53.9. The fraction of sp³-hybridized carbons (Fsp3) is 0.922. The van der Waals surface area contributed by atoms with Gasteiger partial charge in [-0.25, -0.2) is 0 Å². The summed E-state index contributed by atoms with van der Waals surface area (Å²) in [5, 5.41) is 270. The fourth-order valence-corrected chi connectivity index (χ4v) is 14.8. The molecule has 0 saturated carbocycles. The molecule has 0 spiro atoms. The van der Waals surface area contributed by atoms with E-state index in [9.17, 15) is 141 Å². The molecule has 0 aromatic carbocycles. The first-order valence-electron chi connectivity index (χ1n) is 36.5. The van der Waals surface area contributed by atoms with Crippen molar-refractivity contribution in [2.45, 2.75) is 318 Å². The van der Waals surface area contributed by atoms with Gasteiger partial charge in [0, 0.05) is 34.6 Å². The summed E-state index contributed by atoms with van der Waals surface area (Å²) in [6.45, 7) is -2.78. The van der Waals surface area contributed by atoms with Gasteiger partial charge >= 0.3 is 0 Å². The van der Waals surface area contributed by atoms with Crippen molar-refractivity contribution in [1.82, 2.24) is 26.6 Å². The lowest BCUT2D eigenvalue weighted by atomic mass is 9.93. The number of nitrogens with one attached hydrogen (secondary N) is 5. The Morgan fingerprint density at radius 3 is 1.01 bits per heavy atom. The van der Waals surface area contributed by atoms with E-state index in [1.54, 1.807) is 0 Å². The number of aliphatic hydroxyl groups is 23. The average Bonchev–Trinajstić information content (AvgIpc) is 0.743. The van der Waals surface area contributed by atoms with Crippen LogP contribution in [0, 0.1) is 0 Å². The highest BCUT2D eigenvalue weighted by Crippen LogP contribution is 2.41. The zero-order valence-electron chi connectivity index (χ0n) is 61.9. The zero-order chi connectivity index (χ0) is 84.1. The molecule has 45 atom stereocenters. The zero-order valence-corrected chi connectivity index (χ0v) is 61.9. The second-order valence-corrected chi connectivity index (χ2v) is 28.9. The molecule has 9 saturated heterocycles. The molecule has 50 heteroatoms. The van der Waals surface area contributed by atoms with Gasteiger partial charge in [-0.3, -0.25) is 24.0 Å². The second kappa shape index (κ2) is 40.9. The molecule has 0 bridgehead atoms. The van der Waals surface area contributed by atoms with Crippen molar-refractivity contribution in [3.8, 4) is 0 Å². The minimum absolute atomic E-state index is 0.787. The highest BCUT2D eigenvalue weighted by molar-refractivity contribution is 5.75. The predicted octanol–water partition coefficient (Wildman–Crippen LogP) is -18.9. The van der Waals surface area contributed by atoms with Gasteiger partial charge in [-0.2, -0.15) is 0 Å². The van der Waals surface area contributed by atoms with Crippen LogP contribution in [0.4, 0.5) is 0 Å². The second-order valence-electron chi connectivity index (χ2n) is 28.9. The fourth-order valence-electron chi connectivity index (χ4n) is 14.8. The van der Waals surface area contributed by atoms with Crippen LogP contribution in [0.15, 0.2) is 0 Å². The van der Waals surface area contributed by atoms with Crippen molar-refractivity contribution in [3.63, 3.8) is 0 Å². The van der Waals surface area contributed by atoms with Crippen molar-refractivity contribution < 1.29 is 222 Å². The molecule has 0 aliphatic carbocycles. The van der Waals surface area contributed by atoms with Gasteiger partial charge in [-0.1, -0.05) is 0 Å². The van der Waals surface area contributed by atoms with Gasteiger partial charge < -0.3 is 225 Å². The molecule has 9 aliphatic rings. The molecule has 9 heterocycles. The van der Waals surface area contributed by atoms with E-state index in [1.165, 1.54) is 6.92 Å². The number of carbonyl (C=O) groups excluding carboxylic acids is 5. The summed E-state index contributed by atoms with van der Waals surface area (Å²) in [7, 11) is 0. The Morgan fingerprint density at radius 1 is 0.246 bits per heavy atom. The molecule has 9 rings (SSSR count). The lowest BCUT2D eigenvalue weighted by molar-refractivity contribution is -0.402. The van der Waals surface area contributed by atoms with Crippen molar-refractivity contribution in [2.24, 2.45) is 0 Å². The third-order valence-electron chi connectivity index (χ3n) is 20.7. The van der Waals surface area contributed by atoms with E-state index in [-0.39, 0.29) is 0 Å². The quantitative estimate of drug-likeness (QED) is 0.0331. The third-order valence-corrected chi connectivity index (χ3v) is 20.7. The highest BCUT2D eigenvalue weighted by atomic mass is 16.8. The van der Waals surface area contributed by atoms with E-state index in [0.29, 0.717) is 0 Å². The van der Waals surface area contributed by atoms with Crippen LogP contribution in [-0.2, 0) is 104 Å². The number of ether oxygens (including phenoxy) is 17. The number of amides is 5. The Hall–Kier alpha value is -4.25. The predicted molar refractivity (Wildman–Crippen MR) is 354 cm³/mol. The summed E-state index contributed by atoms with van der Waals surface area (Å²) >= 11 is 0. The van der Waals surface area contributed by atoms with Crippen molar-refractivity contribution in [1.29, 1.82) is 0 Å². The molecule has 9 aliphatic heterocycles. The Bertz CT molecular complexity index is 3080. The van der Waals surface area contributed by atoms with Crippen molar-refractivity contribution in [3.05, 3.63) is 0 Å². The van der Waals surface area contributed by atoms with E-state index in [4.69, 9.17) is 80.5 Å². The maximum absolute atomic E-state index is 13.6. The molecule has 28 N–H and O–H groups in total. The summed E-state index contributed by atoms with van der Waals surface area (Å²) < 4.78 is 103. The maximum Gasteiger partial charge on any atom is 0.217 e. The van der Waals surface area contributed by atoms with Crippen LogP contribution in [0.25, 0.3) is 0 Å². The monoisotopic (exact) mass is 1670 g/mol. The number of carbonyl (C=O) groups is 5. The summed E-state index contributed by atoms with van der Waals surface area (Å²) in [6, 6.07) is -9.13. The van der Waals surface area contributed by atoms with Crippen LogP contribution in [-0.4, -0.2) is 476 Å². The highest BCUT2D eigenvalue weighted by Gasteiger charge is 2.62. The Balaban J connectivity index is 1.10. The van der Waals surface area contributed by atoms with Crippen LogP contribution in [0.1, 0.15) is 41.5 Å². The molecule has 9 fully saturated rings. The summed E-state index contributed by atoms with van der Waals surface area (Å²) in [5.74, 6) is -4.44. The van der Waals surface area contributed by atoms with E-state index < -0.39 is 358 Å². The van der Waals surface area contributed by atoms with Crippen LogP contribution < -0.4 is 26.6 Å². The summed E-state index contributed by atoms with van der Waals surface area (Å²) in [6.07, 6.45) is -82.9. The molecule has 50 nitrogen and oxygen atoms in total. The van der Waals surface area contributed by atoms with E-state index in [2.05, 4.69) is 26.6 Å². The molecule has 0 aromatic rings. The van der Waals surface area contributed by atoms with Gasteiger partial charge in [0.2, 0.25) is 29.5 Å². The molecule has 5 amide bonds. The lowest BCUT2D eigenvalue weighted by Gasteiger charge is -2.52.